The predicted molar refractivity (Wildman–Crippen MR) is 107 cm³/mol. The van der Waals surface area contributed by atoms with Gasteiger partial charge in [0.05, 0.1) is 17.3 Å². The van der Waals surface area contributed by atoms with Gasteiger partial charge in [-0.05, 0) is 54.2 Å². The molecule has 1 fully saturated rings. The molecule has 1 saturated heterocycles. The molecule has 4 rings (SSSR count). The van der Waals surface area contributed by atoms with Crippen LogP contribution in [0.1, 0.15) is 41.1 Å². The van der Waals surface area contributed by atoms with E-state index in [1.165, 1.54) is 35.6 Å². The average Bonchev–Trinajstić information content (AvgIpc) is 2.73. The topological polar surface area (TPSA) is 30.3 Å². The minimum atomic E-state index is -0.306. The Morgan fingerprint density at radius 3 is 2.63 bits per heavy atom. The number of nitriles is 1. The van der Waals surface area contributed by atoms with E-state index in [2.05, 4.69) is 28.0 Å². The molecule has 2 aliphatic rings. The van der Waals surface area contributed by atoms with Gasteiger partial charge in [-0.2, -0.15) is 5.26 Å². The van der Waals surface area contributed by atoms with Crippen LogP contribution in [0, 0.1) is 17.1 Å². The molecule has 0 bridgehead atoms. The van der Waals surface area contributed by atoms with Crippen molar-refractivity contribution in [2.75, 3.05) is 31.1 Å². The number of nitrogens with zero attached hydrogens (tertiary/aromatic N) is 3. The maximum absolute atomic E-state index is 14.3. The Kier molecular flexibility index (Phi) is 5.33. The molecule has 0 spiro atoms. The average molecular weight is 384 g/mol. The number of rotatable bonds is 3. The van der Waals surface area contributed by atoms with E-state index in [0.717, 1.165) is 32.6 Å². The van der Waals surface area contributed by atoms with Gasteiger partial charge in [0.1, 0.15) is 5.82 Å². The Morgan fingerprint density at radius 2 is 1.93 bits per heavy atom. The first-order chi connectivity index (χ1) is 13.2. The normalized spacial score (nSPS) is 20.2. The molecule has 0 N–H and O–H groups in total. The summed E-state index contributed by atoms with van der Waals surface area (Å²) in [5.74, 6) is 0.256. The van der Waals surface area contributed by atoms with E-state index in [1.807, 2.05) is 6.07 Å². The Labute approximate surface area is 165 Å². The van der Waals surface area contributed by atoms with Crippen molar-refractivity contribution < 1.29 is 4.39 Å². The van der Waals surface area contributed by atoms with Gasteiger partial charge >= 0.3 is 0 Å². The van der Waals surface area contributed by atoms with Crippen LogP contribution in [0.15, 0.2) is 36.4 Å². The summed E-state index contributed by atoms with van der Waals surface area (Å²) in [4.78, 5) is 4.63. The molecule has 1 aliphatic carbocycles. The first-order valence-electron chi connectivity index (χ1n) is 9.56. The van der Waals surface area contributed by atoms with Crippen molar-refractivity contribution in [3.05, 3.63) is 64.5 Å². The lowest BCUT2D eigenvalue weighted by Crippen LogP contribution is -2.48. The zero-order chi connectivity index (χ0) is 18.8. The maximum atomic E-state index is 14.3. The van der Waals surface area contributed by atoms with Gasteiger partial charge < -0.3 is 4.90 Å². The van der Waals surface area contributed by atoms with Crippen molar-refractivity contribution in [3.8, 4) is 6.07 Å². The Morgan fingerprint density at radius 1 is 1.11 bits per heavy atom. The number of hydrogen-bond donors (Lipinski definition) is 0. The quantitative estimate of drug-likeness (QED) is 0.723. The zero-order valence-corrected chi connectivity index (χ0v) is 16.1. The summed E-state index contributed by atoms with van der Waals surface area (Å²) in [6.45, 7) is 3.43. The first-order valence-corrected chi connectivity index (χ1v) is 10.1. The van der Waals surface area contributed by atoms with Gasteiger partial charge in [0.15, 0.2) is 0 Å². The highest BCUT2D eigenvalue weighted by molar-refractivity contribution is 6.17. The highest BCUT2D eigenvalue weighted by Crippen LogP contribution is 2.36. The van der Waals surface area contributed by atoms with Crippen LogP contribution in [-0.4, -0.2) is 31.1 Å². The van der Waals surface area contributed by atoms with Crippen LogP contribution >= 0.6 is 11.6 Å². The Hall–Kier alpha value is -2.09. The number of anilines is 1. The molecule has 0 aromatic heterocycles. The molecule has 5 heteroatoms. The summed E-state index contributed by atoms with van der Waals surface area (Å²) in [5.41, 5.74) is 5.03. The standard InChI is InChI=1S/C22H23ClFN3/c23-14-16-4-6-19-18(12-16)2-1-3-21(19)26-8-10-27(11-9-26)22-7-5-17(15-25)13-20(22)24/h4-7,12-13,21H,1-3,8-11,14H2. The molecule has 27 heavy (non-hydrogen) atoms. The Balaban J connectivity index is 1.47. The van der Waals surface area contributed by atoms with Crippen molar-refractivity contribution in [1.82, 2.24) is 4.90 Å². The van der Waals surface area contributed by atoms with Gasteiger partial charge in [-0.3, -0.25) is 4.90 Å². The van der Waals surface area contributed by atoms with E-state index < -0.39 is 0 Å². The molecule has 1 atom stereocenters. The second-order valence-corrected chi connectivity index (χ2v) is 7.64. The Bertz CT molecular complexity index is 868. The molecule has 140 valence electrons. The summed E-state index contributed by atoms with van der Waals surface area (Å²) in [6, 6.07) is 13.8. The molecule has 1 aliphatic heterocycles. The number of fused-ring (bicyclic) bond motifs is 1. The molecule has 2 aromatic carbocycles. The molecule has 2 aromatic rings. The number of hydrogen-bond acceptors (Lipinski definition) is 3. The summed E-state index contributed by atoms with van der Waals surface area (Å²) >= 11 is 6.00. The third-order valence-electron chi connectivity index (χ3n) is 5.82. The van der Waals surface area contributed by atoms with Gasteiger partial charge in [0, 0.05) is 38.1 Å². The van der Waals surface area contributed by atoms with Crippen molar-refractivity contribution >= 4 is 17.3 Å². The fourth-order valence-corrected chi connectivity index (χ4v) is 4.58. The molecular formula is C22H23ClFN3. The fourth-order valence-electron chi connectivity index (χ4n) is 4.41. The SMILES string of the molecule is N#Cc1ccc(N2CCN(C3CCCc4cc(CCl)ccc43)CC2)c(F)c1. The minimum absolute atomic E-state index is 0.306. The zero-order valence-electron chi connectivity index (χ0n) is 15.3. The van der Waals surface area contributed by atoms with Crippen LogP contribution in [0.3, 0.4) is 0 Å². The third-order valence-corrected chi connectivity index (χ3v) is 6.13. The lowest BCUT2D eigenvalue weighted by atomic mass is 9.85. The summed E-state index contributed by atoms with van der Waals surface area (Å²) in [7, 11) is 0. The summed E-state index contributed by atoms with van der Waals surface area (Å²) in [6.07, 6.45) is 3.51. The largest absolute Gasteiger partial charge is 0.367 e. The van der Waals surface area contributed by atoms with Gasteiger partial charge in [-0.25, -0.2) is 4.39 Å². The third kappa shape index (κ3) is 3.67. The molecule has 0 amide bonds. The van der Waals surface area contributed by atoms with Crippen LogP contribution < -0.4 is 4.90 Å². The van der Waals surface area contributed by atoms with E-state index >= 15 is 0 Å². The van der Waals surface area contributed by atoms with E-state index in [9.17, 15) is 4.39 Å². The van der Waals surface area contributed by atoms with E-state index in [4.69, 9.17) is 16.9 Å². The first kappa shape index (κ1) is 18.3. The van der Waals surface area contributed by atoms with Crippen molar-refractivity contribution in [2.45, 2.75) is 31.2 Å². The smallest absolute Gasteiger partial charge is 0.147 e. The summed E-state index contributed by atoms with van der Waals surface area (Å²) < 4.78 is 14.3. The van der Waals surface area contributed by atoms with Crippen LogP contribution in [0.25, 0.3) is 0 Å². The number of piperazine rings is 1. The van der Waals surface area contributed by atoms with Crippen LogP contribution in [0.2, 0.25) is 0 Å². The fraction of sp³-hybridized carbons (Fsp3) is 0.409. The number of halogens is 2. The van der Waals surface area contributed by atoms with E-state index in [0.29, 0.717) is 23.2 Å². The van der Waals surface area contributed by atoms with Gasteiger partial charge in [0.25, 0.3) is 0 Å². The van der Waals surface area contributed by atoms with Gasteiger partial charge in [-0.1, -0.05) is 18.2 Å². The molecular weight excluding hydrogens is 361 g/mol. The second kappa shape index (κ2) is 7.88. The summed E-state index contributed by atoms with van der Waals surface area (Å²) in [5, 5.41) is 8.91. The predicted octanol–water partition coefficient (Wildman–Crippen LogP) is 4.64. The van der Waals surface area contributed by atoms with E-state index in [1.54, 1.807) is 12.1 Å². The second-order valence-electron chi connectivity index (χ2n) is 7.38. The van der Waals surface area contributed by atoms with E-state index in [-0.39, 0.29) is 5.82 Å². The van der Waals surface area contributed by atoms with Gasteiger partial charge in [-0.15, -0.1) is 11.6 Å². The van der Waals surface area contributed by atoms with Crippen LogP contribution in [-0.2, 0) is 12.3 Å². The van der Waals surface area contributed by atoms with Crippen LogP contribution in [0.4, 0.5) is 10.1 Å². The van der Waals surface area contributed by atoms with Crippen molar-refractivity contribution in [1.29, 1.82) is 5.26 Å². The maximum Gasteiger partial charge on any atom is 0.147 e. The lowest BCUT2D eigenvalue weighted by Gasteiger charge is -2.42. The number of aryl methyl sites for hydroxylation is 1. The molecule has 0 saturated carbocycles. The molecule has 3 nitrogen and oxygen atoms in total. The van der Waals surface area contributed by atoms with Crippen LogP contribution in [0.5, 0.6) is 0 Å². The monoisotopic (exact) mass is 383 g/mol. The highest BCUT2D eigenvalue weighted by Gasteiger charge is 2.29. The minimum Gasteiger partial charge on any atom is -0.367 e. The highest BCUT2D eigenvalue weighted by atomic mass is 35.5. The molecule has 1 unspecified atom stereocenters. The van der Waals surface area contributed by atoms with Crippen molar-refractivity contribution in [2.24, 2.45) is 0 Å². The molecule has 1 heterocycles. The van der Waals surface area contributed by atoms with Gasteiger partial charge in [0.2, 0.25) is 0 Å². The lowest BCUT2D eigenvalue weighted by molar-refractivity contribution is 0.168. The molecule has 0 radical (unpaired) electrons. The van der Waals surface area contributed by atoms with Crippen molar-refractivity contribution in [3.63, 3.8) is 0 Å². The number of benzene rings is 2. The number of alkyl halides is 1.